The van der Waals surface area contributed by atoms with E-state index in [1.54, 1.807) is 18.7 Å². The monoisotopic (exact) mass is 495 g/mol. The maximum absolute atomic E-state index is 13.0. The third-order valence-corrected chi connectivity index (χ3v) is 6.93. The van der Waals surface area contributed by atoms with E-state index in [1.807, 2.05) is 4.90 Å². The minimum Gasteiger partial charge on any atom is -0.342 e. The Morgan fingerprint density at radius 3 is 2.11 bits per heavy atom. The normalized spacial score (nSPS) is 18.2. The molecule has 2 aromatic heterocycles. The summed E-state index contributed by atoms with van der Waals surface area (Å²) in [6.45, 7) is 7.84. The Kier molecular flexibility index (Phi) is 7.58. The molecule has 0 aromatic carbocycles. The molecule has 4 rings (SSSR count). The molecule has 0 radical (unpaired) electrons. The molecule has 0 aliphatic carbocycles. The van der Waals surface area contributed by atoms with Gasteiger partial charge in [0.1, 0.15) is 0 Å². The van der Waals surface area contributed by atoms with Crippen molar-refractivity contribution in [3.8, 4) is 0 Å². The molecule has 0 bridgehead atoms. The van der Waals surface area contributed by atoms with Gasteiger partial charge in [0.25, 0.3) is 11.6 Å². The van der Waals surface area contributed by atoms with E-state index in [2.05, 4.69) is 20.0 Å². The summed E-state index contributed by atoms with van der Waals surface area (Å²) in [5, 5.41) is 3.56. The Hall–Kier alpha value is -2.76. The molecule has 2 saturated heterocycles. The molecule has 0 N–H and O–H groups in total. The van der Waals surface area contributed by atoms with E-state index in [0.717, 1.165) is 30.4 Å². The number of aromatic nitrogens is 4. The number of hydrogen-bond donors (Lipinski definition) is 0. The highest BCUT2D eigenvalue weighted by Gasteiger charge is 2.37. The standard InChI is InChI=1S/C23H32F3N7O2/c1-16-18(17(2)33-22(27-16)28-21(29-33)23(24,25)26)7-8-19(34)32-13-11-30(12-14-32)15-20(35)31-9-5-3-4-6-10-31/h3-15H2,1-2H3. The molecule has 2 aliphatic rings. The highest BCUT2D eigenvalue weighted by molar-refractivity contribution is 5.78. The van der Waals surface area contributed by atoms with Gasteiger partial charge in [0.2, 0.25) is 11.8 Å². The van der Waals surface area contributed by atoms with Gasteiger partial charge in [-0.1, -0.05) is 12.8 Å². The molecule has 0 saturated carbocycles. The number of fused-ring (bicyclic) bond motifs is 1. The van der Waals surface area contributed by atoms with Gasteiger partial charge < -0.3 is 9.80 Å². The molecule has 0 unspecified atom stereocenters. The van der Waals surface area contributed by atoms with Crippen molar-refractivity contribution >= 4 is 17.6 Å². The topological polar surface area (TPSA) is 86.9 Å². The van der Waals surface area contributed by atoms with Crippen molar-refractivity contribution in [2.75, 3.05) is 45.8 Å². The zero-order valence-electron chi connectivity index (χ0n) is 20.3. The zero-order valence-corrected chi connectivity index (χ0v) is 20.3. The Morgan fingerprint density at radius 1 is 0.857 bits per heavy atom. The zero-order chi connectivity index (χ0) is 25.2. The van der Waals surface area contributed by atoms with E-state index in [1.165, 1.54) is 12.8 Å². The summed E-state index contributed by atoms with van der Waals surface area (Å²) in [5.41, 5.74) is 1.74. The van der Waals surface area contributed by atoms with Crippen molar-refractivity contribution in [3.05, 3.63) is 22.8 Å². The van der Waals surface area contributed by atoms with Crippen molar-refractivity contribution in [1.82, 2.24) is 34.3 Å². The Morgan fingerprint density at radius 2 is 1.49 bits per heavy atom. The van der Waals surface area contributed by atoms with Crippen molar-refractivity contribution in [2.45, 2.75) is 58.5 Å². The third kappa shape index (κ3) is 5.91. The van der Waals surface area contributed by atoms with Crippen LogP contribution >= 0.6 is 0 Å². The second-order valence-corrected chi connectivity index (χ2v) is 9.36. The van der Waals surface area contributed by atoms with Crippen LogP contribution in [0.3, 0.4) is 0 Å². The number of hydrogen-bond acceptors (Lipinski definition) is 6. The minimum absolute atomic E-state index is 0.0167. The summed E-state index contributed by atoms with van der Waals surface area (Å²) in [5.74, 6) is -1.18. The molecule has 35 heavy (non-hydrogen) atoms. The second-order valence-electron chi connectivity index (χ2n) is 9.36. The number of halogens is 3. The minimum atomic E-state index is -4.65. The van der Waals surface area contributed by atoms with Crippen LogP contribution in [-0.4, -0.2) is 91.9 Å². The molecular weight excluding hydrogens is 463 g/mol. The van der Waals surface area contributed by atoms with Crippen molar-refractivity contribution < 1.29 is 22.8 Å². The largest absolute Gasteiger partial charge is 0.453 e. The van der Waals surface area contributed by atoms with Gasteiger partial charge in [0, 0.05) is 57.1 Å². The molecule has 2 fully saturated rings. The maximum atomic E-state index is 13.0. The number of rotatable bonds is 5. The van der Waals surface area contributed by atoms with Crippen LogP contribution in [0, 0.1) is 13.8 Å². The van der Waals surface area contributed by atoms with Crippen LogP contribution in [0.4, 0.5) is 13.2 Å². The van der Waals surface area contributed by atoms with E-state index in [9.17, 15) is 22.8 Å². The number of amides is 2. The van der Waals surface area contributed by atoms with Gasteiger partial charge in [-0.3, -0.25) is 14.5 Å². The summed E-state index contributed by atoms with van der Waals surface area (Å²) in [4.78, 5) is 39.0. The van der Waals surface area contributed by atoms with Gasteiger partial charge in [-0.15, -0.1) is 5.10 Å². The lowest BCUT2D eigenvalue weighted by Gasteiger charge is -2.35. The first-order valence-corrected chi connectivity index (χ1v) is 12.2. The average molecular weight is 496 g/mol. The molecule has 192 valence electrons. The highest BCUT2D eigenvalue weighted by Crippen LogP contribution is 2.27. The second kappa shape index (κ2) is 10.5. The lowest BCUT2D eigenvalue weighted by molar-refractivity contribution is -0.144. The first-order chi connectivity index (χ1) is 16.6. The number of alkyl halides is 3. The smallest absolute Gasteiger partial charge is 0.342 e. The maximum Gasteiger partial charge on any atom is 0.453 e. The SMILES string of the molecule is Cc1nc2nc(C(F)(F)F)nn2c(C)c1CCC(=O)N1CCN(CC(=O)N2CCCCCC2)CC1. The summed E-state index contributed by atoms with van der Waals surface area (Å²) in [6.07, 6.45) is 0.425. The van der Waals surface area contributed by atoms with Gasteiger partial charge >= 0.3 is 6.18 Å². The summed E-state index contributed by atoms with van der Waals surface area (Å²) >= 11 is 0. The first kappa shape index (κ1) is 25.3. The summed E-state index contributed by atoms with van der Waals surface area (Å²) < 4.78 is 40.1. The van der Waals surface area contributed by atoms with Crippen molar-refractivity contribution in [1.29, 1.82) is 0 Å². The van der Waals surface area contributed by atoms with Crippen LogP contribution in [0.25, 0.3) is 5.78 Å². The van der Waals surface area contributed by atoms with Gasteiger partial charge in [0.05, 0.1) is 6.54 Å². The van der Waals surface area contributed by atoms with E-state index >= 15 is 0 Å². The van der Waals surface area contributed by atoms with Crippen molar-refractivity contribution in [2.24, 2.45) is 0 Å². The van der Waals surface area contributed by atoms with E-state index in [0.29, 0.717) is 56.1 Å². The molecule has 2 amide bonds. The lowest BCUT2D eigenvalue weighted by Crippen LogP contribution is -2.51. The molecule has 2 aromatic rings. The quantitative estimate of drug-likeness (QED) is 0.633. The number of aryl methyl sites for hydroxylation is 2. The summed E-state index contributed by atoms with van der Waals surface area (Å²) in [7, 11) is 0. The molecule has 4 heterocycles. The van der Waals surface area contributed by atoms with E-state index in [-0.39, 0.29) is 24.0 Å². The fourth-order valence-electron chi connectivity index (χ4n) is 4.85. The molecule has 2 aliphatic heterocycles. The van der Waals surface area contributed by atoms with Crippen LogP contribution < -0.4 is 0 Å². The molecular formula is C23H32F3N7O2. The highest BCUT2D eigenvalue weighted by atomic mass is 19.4. The van der Waals surface area contributed by atoms with E-state index in [4.69, 9.17) is 0 Å². The van der Waals surface area contributed by atoms with Crippen LogP contribution in [0.15, 0.2) is 0 Å². The molecule has 9 nitrogen and oxygen atoms in total. The molecule has 0 atom stereocenters. The van der Waals surface area contributed by atoms with Crippen LogP contribution in [0.5, 0.6) is 0 Å². The number of nitrogens with zero attached hydrogens (tertiary/aromatic N) is 7. The first-order valence-electron chi connectivity index (χ1n) is 12.2. The number of carbonyl (C=O) groups is 2. The van der Waals surface area contributed by atoms with Gasteiger partial charge in [0.15, 0.2) is 0 Å². The fourth-order valence-corrected chi connectivity index (χ4v) is 4.85. The Labute approximate surface area is 202 Å². The van der Waals surface area contributed by atoms with Crippen molar-refractivity contribution in [3.63, 3.8) is 0 Å². The third-order valence-electron chi connectivity index (χ3n) is 6.93. The Balaban J connectivity index is 1.30. The van der Waals surface area contributed by atoms with Crippen LogP contribution in [0.1, 0.15) is 54.9 Å². The van der Waals surface area contributed by atoms with Crippen LogP contribution in [0.2, 0.25) is 0 Å². The average Bonchev–Trinajstić information content (AvgIpc) is 3.06. The van der Waals surface area contributed by atoms with Gasteiger partial charge in [-0.2, -0.15) is 18.2 Å². The fraction of sp³-hybridized carbons (Fsp3) is 0.696. The Bertz CT molecular complexity index is 1070. The lowest BCUT2D eigenvalue weighted by atomic mass is 10.1. The predicted molar refractivity (Wildman–Crippen MR) is 122 cm³/mol. The van der Waals surface area contributed by atoms with E-state index < -0.39 is 12.0 Å². The predicted octanol–water partition coefficient (Wildman–Crippen LogP) is 2.24. The number of carbonyl (C=O) groups excluding carboxylic acids is 2. The number of likely N-dealkylation sites (tertiary alicyclic amines) is 1. The molecule has 0 spiro atoms. The van der Waals surface area contributed by atoms with Crippen LogP contribution in [-0.2, 0) is 22.2 Å². The van der Waals surface area contributed by atoms with Gasteiger partial charge in [-0.05, 0) is 38.7 Å². The molecule has 12 heteroatoms. The summed E-state index contributed by atoms with van der Waals surface area (Å²) in [6, 6.07) is 0. The van der Waals surface area contributed by atoms with Gasteiger partial charge in [-0.25, -0.2) is 9.50 Å². The number of piperazine rings is 1.